The maximum absolute atomic E-state index is 3.48. The Kier molecular flexibility index (Phi) is 4.56. The molecule has 0 radical (unpaired) electrons. The van der Waals surface area contributed by atoms with E-state index in [-0.39, 0.29) is 0 Å². The van der Waals surface area contributed by atoms with E-state index in [0.29, 0.717) is 6.04 Å². The van der Waals surface area contributed by atoms with Crippen molar-refractivity contribution in [3.8, 4) is 0 Å². The fourth-order valence-corrected chi connectivity index (χ4v) is 3.29. The van der Waals surface area contributed by atoms with Crippen LogP contribution in [-0.2, 0) is 6.54 Å². The third-order valence-corrected chi connectivity index (χ3v) is 4.56. The summed E-state index contributed by atoms with van der Waals surface area (Å²) in [7, 11) is 4.46. The molecule has 1 unspecified atom stereocenters. The van der Waals surface area contributed by atoms with Crippen LogP contribution >= 0.6 is 11.3 Å². The molecular weight excluding hydrogens is 230 g/mol. The Morgan fingerprint density at radius 2 is 2.41 bits per heavy atom. The zero-order valence-corrected chi connectivity index (χ0v) is 11.9. The molecule has 96 valence electrons. The van der Waals surface area contributed by atoms with Gasteiger partial charge in [-0.1, -0.05) is 0 Å². The molecule has 2 rings (SSSR count). The van der Waals surface area contributed by atoms with Gasteiger partial charge in [0.15, 0.2) is 0 Å². The summed E-state index contributed by atoms with van der Waals surface area (Å²) in [5.74, 6) is 0. The van der Waals surface area contributed by atoms with E-state index in [4.69, 9.17) is 0 Å². The Labute approximate surface area is 108 Å². The molecule has 4 heteroatoms. The number of nitrogens with one attached hydrogen (secondary N) is 1. The van der Waals surface area contributed by atoms with E-state index in [0.717, 1.165) is 32.7 Å². The molecule has 1 aliphatic heterocycles. The quantitative estimate of drug-likeness (QED) is 0.875. The van der Waals surface area contributed by atoms with Crippen molar-refractivity contribution in [2.75, 3.05) is 40.3 Å². The third kappa shape index (κ3) is 3.52. The van der Waals surface area contributed by atoms with Crippen LogP contribution in [0.5, 0.6) is 0 Å². The second-order valence-corrected chi connectivity index (χ2v) is 6.06. The van der Waals surface area contributed by atoms with Crippen LogP contribution in [0.4, 0.5) is 0 Å². The average molecular weight is 253 g/mol. The van der Waals surface area contributed by atoms with Crippen LogP contribution in [0.1, 0.15) is 10.4 Å². The summed E-state index contributed by atoms with van der Waals surface area (Å²) >= 11 is 1.87. The number of thiophene rings is 1. The van der Waals surface area contributed by atoms with Gasteiger partial charge in [-0.2, -0.15) is 0 Å². The zero-order valence-electron chi connectivity index (χ0n) is 11.1. The Balaban J connectivity index is 1.84. The third-order valence-electron chi connectivity index (χ3n) is 3.55. The molecule has 0 aromatic carbocycles. The molecule has 1 aliphatic rings. The number of aryl methyl sites for hydroxylation is 1. The molecule has 17 heavy (non-hydrogen) atoms. The molecular formula is C13H23N3S. The first kappa shape index (κ1) is 13.0. The number of hydrogen-bond donors (Lipinski definition) is 1. The molecule has 0 saturated carbocycles. The molecule has 1 aromatic heterocycles. The Morgan fingerprint density at radius 3 is 3.06 bits per heavy atom. The summed E-state index contributed by atoms with van der Waals surface area (Å²) in [6, 6.07) is 2.86. The second kappa shape index (κ2) is 5.96. The smallest absolute Gasteiger partial charge is 0.0345 e. The minimum atomic E-state index is 0.647. The Morgan fingerprint density at radius 1 is 1.59 bits per heavy atom. The summed E-state index contributed by atoms with van der Waals surface area (Å²) in [5.41, 5.74) is 1.43. The number of piperazine rings is 1. The van der Waals surface area contributed by atoms with Crippen LogP contribution in [0.2, 0.25) is 0 Å². The lowest BCUT2D eigenvalue weighted by atomic mass is 10.2. The van der Waals surface area contributed by atoms with E-state index >= 15 is 0 Å². The largest absolute Gasteiger partial charge is 0.314 e. The van der Waals surface area contributed by atoms with Gasteiger partial charge in [0, 0.05) is 43.6 Å². The molecule has 1 fully saturated rings. The van der Waals surface area contributed by atoms with Gasteiger partial charge >= 0.3 is 0 Å². The normalized spacial score (nSPS) is 22.2. The highest BCUT2D eigenvalue weighted by Gasteiger charge is 2.20. The minimum absolute atomic E-state index is 0.647. The molecule has 0 aliphatic carbocycles. The van der Waals surface area contributed by atoms with Crippen molar-refractivity contribution < 1.29 is 0 Å². The van der Waals surface area contributed by atoms with E-state index in [1.54, 1.807) is 0 Å². The van der Waals surface area contributed by atoms with Crippen molar-refractivity contribution in [1.82, 2.24) is 15.1 Å². The monoisotopic (exact) mass is 253 g/mol. The predicted molar refractivity (Wildman–Crippen MR) is 74.7 cm³/mol. The van der Waals surface area contributed by atoms with Crippen molar-refractivity contribution in [2.24, 2.45) is 0 Å². The van der Waals surface area contributed by atoms with Crippen molar-refractivity contribution in [3.63, 3.8) is 0 Å². The summed E-state index contributed by atoms with van der Waals surface area (Å²) < 4.78 is 0. The van der Waals surface area contributed by atoms with Crippen molar-refractivity contribution in [2.45, 2.75) is 19.5 Å². The van der Waals surface area contributed by atoms with E-state index in [9.17, 15) is 0 Å². The van der Waals surface area contributed by atoms with Gasteiger partial charge in [0.05, 0.1) is 0 Å². The lowest BCUT2D eigenvalue weighted by Crippen LogP contribution is -2.53. The molecule has 1 saturated heterocycles. The lowest BCUT2D eigenvalue weighted by molar-refractivity contribution is 0.150. The van der Waals surface area contributed by atoms with Gasteiger partial charge in [0.2, 0.25) is 0 Å². The number of rotatable bonds is 4. The van der Waals surface area contributed by atoms with E-state index in [2.05, 4.69) is 47.6 Å². The SMILES string of the molecule is Cc1ccsc1CN(C)CC1CNCCN1C. The predicted octanol–water partition coefficient (Wildman–Crippen LogP) is 1.39. The highest BCUT2D eigenvalue weighted by Crippen LogP contribution is 2.17. The summed E-state index contributed by atoms with van der Waals surface area (Å²) in [4.78, 5) is 6.40. The van der Waals surface area contributed by atoms with Crippen LogP contribution in [0.15, 0.2) is 11.4 Å². The molecule has 1 atom stereocenters. The molecule has 0 bridgehead atoms. The standard InChI is InChI=1S/C13H23N3S/c1-11-4-7-17-13(11)10-15(2)9-12-8-14-5-6-16(12)3/h4,7,12,14H,5-6,8-10H2,1-3H3. The Hall–Kier alpha value is -0.420. The number of hydrogen-bond acceptors (Lipinski definition) is 4. The van der Waals surface area contributed by atoms with Gasteiger partial charge in [-0.25, -0.2) is 0 Å². The van der Waals surface area contributed by atoms with Crippen LogP contribution < -0.4 is 5.32 Å². The van der Waals surface area contributed by atoms with Gasteiger partial charge in [0.1, 0.15) is 0 Å². The molecule has 0 spiro atoms. The molecule has 1 N–H and O–H groups in total. The van der Waals surface area contributed by atoms with Gasteiger partial charge in [-0.15, -0.1) is 11.3 Å². The van der Waals surface area contributed by atoms with Crippen molar-refractivity contribution >= 4 is 11.3 Å². The van der Waals surface area contributed by atoms with Crippen LogP contribution in [0, 0.1) is 6.92 Å². The average Bonchev–Trinajstić information content (AvgIpc) is 2.68. The van der Waals surface area contributed by atoms with Crippen LogP contribution in [-0.4, -0.2) is 56.1 Å². The van der Waals surface area contributed by atoms with E-state index < -0.39 is 0 Å². The van der Waals surface area contributed by atoms with Gasteiger partial charge < -0.3 is 5.32 Å². The highest BCUT2D eigenvalue weighted by molar-refractivity contribution is 7.10. The van der Waals surface area contributed by atoms with Crippen LogP contribution in [0.3, 0.4) is 0 Å². The topological polar surface area (TPSA) is 18.5 Å². The summed E-state index contributed by atoms with van der Waals surface area (Å²) in [6.45, 7) is 7.82. The van der Waals surface area contributed by atoms with Gasteiger partial charge in [0.25, 0.3) is 0 Å². The summed E-state index contributed by atoms with van der Waals surface area (Å²) in [5, 5.41) is 5.66. The van der Waals surface area contributed by atoms with E-state index in [1.165, 1.54) is 10.4 Å². The highest BCUT2D eigenvalue weighted by atomic mass is 32.1. The molecule has 2 heterocycles. The first-order valence-corrected chi connectivity index (χ1v) is 7.17. The molecule has 1 aromatic rings. The van der Waals surface area contributed by atoms with Crippen molar-refractivity contribution in [3.05, 3.63) is 21.9 Å². The van der Waals surface area contributed by atoms with Gasteiger partial charge in [-0.3, -0.25) is 9.80 Å². The first-order valence-electron chi connectivity index (χ1n) is 6.29. The van der Waals surface area contributed by atoms with Gasteiger partial charge in [-0.05, 0) is 38.0 Å². The molecule has 3 nitrogen and oxygen atoms in total. The number of nitrogens with zero attached hydrogens (tertiary/aromatic N) is 2. The second-order valence-electron chi connectivity index (χ2n) is 5.06. The van der Waals surface area contributed by atoms with Crippen LogP contribution in [0.25, 0.3) is 0 Å². The first-order chi connectivity index (χ1) is 8.16. The fraction of sp³-hybridized carbons (Fsp3) is 0.692. The fourth-order valence-electron chi connectivity index (χ4n) is 2.30. The minimum Gasteiger partial charge on any atom is -0.314 e. The zero-order chi connectivity index (χ0) is 12.3. The maximum Gasteiger partial charge on any atom is 0.0345 e. The molecule has 0 amide bonds. The van der Waals surface area contributed by atoms with E-state index in [1.807, 2.05) is 11.3 Å². The summed E-state index contributed by atoms with van der Waals surface area (Å²) in [6.07, 6.45) is 0. The van der Waals surface area contributed by atoms with Crippen molar-refractivity contribution in [1.29, 1.82) is 0 Å². The lowest BCUT2D eigenvalue weighted by Gasteiger charge is -2.35. The Bertz CT molecular complexity index is 350. The maximum atomic E-state index is 3.48. The number of likely N-dealkylation sites (N-methyl/N-ethyl adjacent to an activating group) is 2.